The fourth-order valence-electron chi connectivity index (χ4n) is 1.36. The molecule has 96 valence electrons. The van der Waals surface area contributed by atoms with Crippen molar-refractivity contribution in [3.63, 3.8) is 0 Å². The van der Waals surface area contributed by atoms with Crippen LogP contribution in [0, 0.1) is 12.7 Å². The highest BCUT2D eigenvalue weighted by atomic mass is 32.2. The van der Waals surface area contributed by atoms with Gasteiger partial charge in [0.05, 0.1) is 6.20 Å². The summed E-state index contributed by atoms with van der Waals surface area (Å²) in [7, 11) is -3.96. The first-order chi connectivity index (χ1) is 8.50. The zero-order valence-electron chi connectivity index (χ0n) is 9.51. The summed E-state index contributed by atoms with van der Waals surface area (Å²) in [5.41, 5.74) is 1.44. The fraction of sp³-hybridized carbons (Fsp3) is 0.200. The maximum Gasteiger partial charge on any atom is 0.261 e. The first kappa shape index (κ1) is 12.7. The molecule has 0 fully saturated rings. The monoisotopic (exact) mass is 270 g/mol. The van der Waals surface area contributed by atoms with Gasteiger partial charge >= 0.3 is 0 Å². The summed E-state index contributed by atoms with van der Waals surface area (Å²) in [4.78, 5) is 3.52. The van der Waals surface area contributed by atoms with Crippen LogP contribution in [0.1, 0.15) is 11.3 Å². The maximum atomic E-state index is 13.3. The van der Waals surface area contributed by atoms with Crippen LogP contribution < -0.4 is 4.72 Å². The molecule has 2 rings (SSSR count). The lowest BCUT2D eigenvalue weighted by Gasteiger charge is -2.05. The quantitative estimate of drug-likeness (QED) is 0.857. The minimum Gasteiger partial charge on any atom is -0.283 e. The highest BCUT2D eigenvalue weighted by Gasteiger charge is 2.20. The number of H-pyrrole nitrogens is 1. The second-order valence-corrected chi connectivity index (χ2v) is 5.32. The molecule has 8 heteroatoms. The van der Waals surface area contributed by atoms with Crippen molar-refractivity contribution in [2.24, 2.45) is 0 Å². The molecule has 0 spiro atoms. The zero-order valence-corrected chi connectivity index (χ0v) is 10.3. The number of pyridine rings is 1. The van der Waals surface area contributed by atoms with Crippen LogP contribution in [0.4, 0.5) is 4.39 Å². The molecule has 0 aliphatic carbocycles. The number of nitrogens with zero attached hydrogens (tertiary/aromatic N) is 2. The summed E-state index contributed by atoms with van der Waals surface area (Å²) in [6.07, 6.45) is 2.73. The Bertz CT molecular complexity index is 653. The van der Waals surface area contributed by atoms with E-state index in [-0.39, 0.29) is 6.54 Å². The van der Waals surface area contributed by atoms with Gasteiger partial charge in [0.2, 0.25) is 5.03 Å². The largest absolute Gasteiger partial charge is 0.283 e. The molecule has 0 radical (unpaired) electrons. The van der Waals surface area contributed by atoms with E-state index >= 15 is 0 Å². The number of hydrogen-bond acceptors (Lipinski definition) is 4. The molecule has 0 aliphatic rings. The minimum absolute atomic E-state index is 0.0285. The summed E-state index contributed by atoms with van der Waals surface area (Å²) in [6, 6.07) is 2.37. The number of aromatic amines is 1. The third kappa shape index (κ3) is 2.54. The molecule has 0 aromatic carbocycles. The molecule has 2 N–H and O–H groups in total. The lowest BCUT2D eigenvalue weighted by atomic mass is 10.3. The van der Waals surface area contributed by atoms with Crippen molar-refractivity contribution in [1.82, 2.24) is 19.9 Å². The molecule has 0 saturated heterocycles. The van der Waals surface area contributed by atoms with E-state index in [1.807, 2.05) is 0 Å². The van der Waals surface area contributed by atoms with Crippen LogP contribution in [0.3, 0.4) is 0 Å². The summed E-state index contributed by atoms with van der Waals surface area (Å²) in [5, 5.41) is 5.84. The first-order valence-corrected chi connectivity index (χ1v) is 6.58. The number of nitrogens with one attached hydrogen (secondary N) is 2. The third-order valence-corrected chi connectivity index (χ3v) is 3.70. The number of halogens is 1. The van der Waals surface area contributed by atoms with Crippen molar-refractivity contribution in [3.8, 4) is 0 Å². The molecule has 6 nitrogen and oxygen atoms in total. The third-order valence-electron chi connectivity index (χ3n) is 2.37. The van der Waals surface area contributed by atoms with Gasteiger partial charge in [0.1, 0.15) is 0 Å². The van der Waals surface area contributed by atoms with Crippen LogP contribution >= 0.6 is 0 Å². The molecule has 0 saturated carbocycles. The van der Waals surface area contributed by atoms with Gasteiger partial charge < -0.3 is 0 Å². The fourth-order valence-corrected chi connectivity index (χ4v) is 2.37. The van der Waals surface area contributed by atoms with Gasteiger partial charge in [-0.15, -0.1) is 0 Å². The zero-order chi connectivity index (χ0) is 13.2. The van der Waals surface area contributed by atoms with E-state index in [0.717, 1.165) is 11.8 Å². The van der Waals surface area contributed by atoms with Gasteiger partial charge in [-0.05, 0) is 19.1 Å². The van der Waals surface area contributed by atoms with Gasteiger partial charge in [0.15, 0.2) is 5.82 Å². The average molecular weight is 270 g/mol. The van der Waals surface area contributed by atoms with Crippen molar-refractivity contribution in [2.45, 2.75) is 18.5 Å². The van der Waals surface area contributed by atoms with Gasteiger partial charge in [-0.3, -0.25) is 5.10 Å². The number of rotatable bonds is 4. The van der Waals surface area contributed by atoms with Gasteiger partial charge in [0.25, 0.3) is 10.0 Å². The predicted molar refractivity (Wildman–Crippen MR) is 61.5 cm³/mol. The Balaban J connectivity index is 2.19. The molecule has 2 aromatic heterocycles. The van der Waals surface area contributed by atoms with E-state index in [4.69, 9.17) is 0 Å². The van der Waals surface area contributed by atoms with E-state index in [1.165, 1.54) is 18.5 Å². The van der Waals surface area contributed by atoms with Gasteiger partial charge in [-0.1, -0.05) is 0 Å². The maximum absolute atomic E-state index is 13.3. The van der Waals surface area contributed by atoms with Crippen LogP contribution in [-0.2, 0) is 16.6 Å². The summed E-state index contributed by atoms with van der Waals surface area (Å²) >= 11 is 0. The molecule has 0 atom stereocenters. The van der Waals surface area contributed by atoms with Crippen molar-refractivity contribution < 1.29 is 12.8 Å². The van der Waals surface area contributed by atoms with Crippen LogP contribution in [0.15, 0.2) is 29.6 Å². The second kappa shape index (κ2) is 4.83. The van der Waals surface area contributed by atoms with E-state index in [0.29, 0.717) is 5.56 Å². The van der Waals surface area contributed by atoms with E-state index in [9.17, 15) is 12.8 Å². The molecular weight excluding hydrogens is 259 g/mol. The summed E-state index contributed by atoms with van der Waals surface area (Å²) in [5.74, 6) is -0.881. The molecule has 0 unspecified atom stereocenters. The number of aryl methyl sites for hydroxylation is 1. The van der Waals surface area contributed by atoms with Crippen molar-refractivity contribution in [2.75, 3.05) is 0 Å². The topological polar surface area (TPSA) is 87.7 Å². The van der Waals surface area contributed by atoms with E-state index in [2.05, 4.69) is 19.9 Å². The molecular formula is C10H11FN4O2S. The molecule has 0 amide bonds. The van der Waals surface area contributed by atoms with Crippen molar-refractivity contribution >= 4 is 10.0 Å². The van der Waals surface area contributed by atoms with Gasteiger partial charge in [-0.2, -0.15) is 5.10 Å². The Hall–Kier alpha value is -1.80. The lowest BCUT2D eigenvalue weighted by molar-refractivity contribution is 0.544. The second-order valence-electron chi connectivity index (χ2n) is 3.64. The highest BCUT2D eigenvalue weighted by Crippen LogP contribution is 2.11. The van der Waals surface area contributed by atoms with Crippen LogP contribution in [0.2, 0.25) is 0 Å². The smallest absolute Gasteiger partial charge is 0.261 e. The van der Waals surface area contributed by atoms with Crippen LogP contribution in [0.5, 0.6) is 0 Å². The first-order valence-electron chi connectivity index (χ1n) is 5.10. The normalized spacial score (nSPS) is 11.7. The van der Waals surface area contributed by atoms with E-state index < -0.39 is 20.9 Å². The predicted octanol–water partition coefficient (Wildman–Crippen LogP) is 0.731. The lowest BCUT2D eigenvalue weighted by Crippen LogP contribution is -2.25. The SMILES string of the molecule is Cc1[nH]ncc1CNS(=O)(=O)c1ncccc1F. The molecule has 2 heterocycles. The Morgan fingerprint density at radius 2 is 2.28 bits per heavy atom. The number of aromatic nitrogens is 3. The van der Waals surface area contributed by atoms with E-state index in [1.54, 1.807) is 6.92 Å². The molecule has 2 aromatic rings. The summed E-state index contributed by atoms with van der Waals surface area (Å²) < 4.78 is 39.2. The Kier molecular flexibility index (Phi) is 3.39. The number of sulfonamides is 1. The standard InChI is InChI=1S/C10H11FN4O2S/c1-7-8(5-13-15-7)6-14-18(16,17)10-9(11)3-2-4-12-10/h2-5,14H,6H2,1H3,(H,13,15). The van der Waals surface area contributed by atoms with Gasteiger partial charge in [0, 0.05) is 24.0 Å². The average Bonchev–Trinajstić information content (AvgIpc) is 2.73. The van der Waals surface area contributed by atoms with Crippen molar-refractivity contribution in [3.05, 3.63) is 41.6 Å². The Morgan fingerprint density at radius 3 is 2.89 bits per heavy atom. The number of hydrogen-bond donors (Lipinski definition) is 2. The molecule has 18 heavy (non-hydrogen) atoms. The van der Waals surface area contributed by atoms with Gasteiger partial charge in [-0.25, -0.2) is 22.5 Å². The van der Waals surface area contributed by atoms with Crippen molar-refractivity contribution in [1.29, 1.82) is 0 Å². The minimum atomic E-state index is -3.96. The van der Waals surface area contributed by atoms with Crippen LogP contribution in [0.25, 0.3) is 0 Å². The molecule has 0 bridgehead atoms. The Morgan fingerprint density at radius 1 is 1.50 bits per heavy atom. The summed E-state index contributed by atoms with van der Waals surface area (Å²) in [6.45, 7) is 1.79. The highest BCUT2D eigenvalue weighted by molar-refractivity contribution is 7.89. The Labute approximate surface area is 103 Å². The van der Waals surface area contributed by atoms with Crippen LogP contribution in [-0.4, -0.2) is 23.6 Å². The molecule has 0 aliphatic heterocycles.